The van der Waals surface area contributed by atoms with Gasteiger partial charge in [0.15, 0.2) is 0 Å². The van der Waals surface area contributed by atoms with Gasteiger partial charge in [0.25, 0.3) is 0 Å². The largest absolute Gasteiger partial charge is 0.390 e. The molecule has 5 nitrogen and oxygen atoms in total. The van der Waals surface area contributed by atoms with Crippen LogP contribution in [0.1, 0.15) is 22.9 Å². The minimum Gasteiger partial charge on any atom is -0.390 e. The molecule has 1 aliphatic rings. The normalized spacial score (nSPS) is 20.1. The Morgan fingerprint density at radius 3 is 2.90 bits per heavy atom. The predicted molar refractivity (Wildman–Crippen MR) is 79.7 cm³/mol. The lowest BCUT2D eigenvalue weighted by atomic mass is 10.1. The van der Waals surface area contributed by atoms with E-state index in [4.69, 9.17) is 0 Å². The zero-order chi connectivity index (χ0) is 14.8. The van der Waals surface area contributed by atoms with E-state index in [1.165, 1.54) is 0 Å². The van der Waals surface area contributed by atoms with Gasteiger partial charge in [0.2, 0.25) is 0 Å². The van der Waals surface area contributed by atoms with Gasteiger partial charge in [0.1, 0.15) is 0 Å². The van der Waals surface area contributed by atoms with Crippen LogP contribution in [-0.4, -0.2) is 21.8 Å². The molecule has 0 saturated carbocycles. The Hall–Kier alpha value is -2.27. The summed E-state index contributed by atoms with van der Waals surface area (Å²) in [5.41, 5.74) is 3.12. The third-order valence-electron chi connectivity index (χ3n) is 3.97. The molecule has 3 N–H and O–H groups in total. The van der Waals surface area contributed by atoms with Crippen molar-refractivity contribution in [2.75, 3.05) is 0 Å². The summed E-state index contributed by atoms with van der Waals surface area (Å²) in [6.45, 7) is 0.458. The fourth-order valence-electron chi connectivity index (χ4n) is 2.79. The molecule has 110 valence electrons. The van der Waals surface area contributed by atoms with Crippen molar-refractivity contribution < 1.29 is 9.90 Å². The number of fused-ring (bicyclic) bond motifs is 1. The Bertz CT molecular complexity index is 650. The second-order valence-corrected chi connectivity index (χ2v) is 5.39. The number of benzene rings is 1. The quantitative estimate of drug-likeness (QED) is 0.800. The zero-order valence-corrected chi connectivity index (χ0v) is 11.9. The summed E-state index contributed by atoms with van der Waals surface area (Å²) in [7, 11) is 1.94. The number of amides is 2. The molecule has 0 spiro atoms. The number of aliphatic hydroxyl groups is 1. The van der Waals surface area contributed by atoms with Gasteiger partial charge in [-0.3, -0.25) is 0 Å². The Morgan fingerprint density at radius 2 is 2.14 bits per heavy atom. The van der Waals surface area contributed by atoms with Crippen molar-refractivity contribution in [3.05, 3.63) is 59.4 Å². The number of nitrogens with one attached hydrogen (secondary N) is 2. The van der Waals surface area contributed by atoms with Crippen molar-refractivity contribution in [3.63, 3.8) is 0 Å². The van der Waals surface area contributed by atoms with E-state index < -0.39 is 6.10 Å². The first-order chi connectivity index (χ1) is 10.1. The zero-order valence-electron chi connectivity index (χ0n) is 11.9. The highest BCUT2D eigenvalue weighted by Crippen LogP contribution is 2.30. The number of urea groups is 1. The monoisotopic (exact) mass is 285 g/mol. The topological polar surface area (TPSA) is 66.3 Å². The summed E-state index contributed by atoms with van der Waals surface area (Å²) < 4.78 is 1.96. The average Bonchev–Trinajstić information content (AvgIpc) is 3.01. The van der Waals surface area contributed by atoms with Gasteiger partial charge in [-0.2, -0.15) is 0 Å². The lowest BCUT2D eigenvalue weighted by Gasteiger charge is -2.18. The summed E-state index contributed by atoms with van der Waals surface area (Å²) in [5.74, 6) is 0. The second kappa shape index (κ2) is 5.61. The van der Waals surface area contributed by atoms with Crippen molar-refractivity contribution in [2.45, 2.75) is 25.1 Å². The SMILES string of the molecule is Cn1cccc1CNC(=O)N[C@@H]1c2ccccc2C[C@@H]1O. The molecule has 2 aromatic rings. The Kier molecular flexibility index (Phi) is 3.66. The lowest BCUT2D eigenvalue weighted by Crippen LogP contribution is -2.40. The number of hydrogen-bond acceptors (Lipinski definition) is 2. The fraction of sp³-hybridized carbons (Fsp3) is 0.312. The van der Waals surface area contributed by atoms with E-state index in [0.717, 1.165) is 16.8 Å². The van der Waals surface area contributed by atoms with Crippen LogP contribution in [0.25, 0.3) is 0 Å². The maximum atomic E-state index is 12.0. The first kappa shape index (κ1) is 13.7. The molecule has 0 unspecified atom stereocenters. The van der Waals surface area contributed by atoms with Gasteiger partial charge in [0.05, 0.1) is 18.7 Å². The van der Waals surface area contributed by atoms with E-state index in [9.17, 15) is 9.90 Å². The summed E-state index contributed by atoms with van der Waals surface area (Å²) in [6, 6.07) is 11.1. The smallest absolute Gasteiger partial charge is 0.315 e. The number of nitrogens with zero attached hydrogens (tertiary/aromatic N) is 1. The molecule has 1 aliphatic carbocycles. The Balaban J connectivity index is 1.61. The van der Waals surface area contributed by atoms with Crippen LogP contribution in [0.4, 0.5) is 4.79 Å². The summed E-state index contributed by atoms with van der Waals surface area (Å²) >= 11 is 0. The number of carbonyl (C=O) groups excluding carboxylic acids is 1. The van der Waals surface area contributed by atoms with Gasteiger partial charge in [-0.15, -0.1) is 0 Å². The third kappa shape index (κ3) is 2.78. The van der Waals surface area contributed by atoms with Gasteiger partial charge < -0.3 is 20.3 Å². The minimum absolute atomic E-state index is 0.267. The molecular weight excluding hydrogens is 266 g/mol. The Labute approximate surface area is 123 Å². The van der Waals surface area contributed by atoms with Crippen LogP contribution in [0.15, 0.2) is 42.6 Å². The fourth-order valence-corrected chi connectivity index (χ4v) is 2.79. The number of rotatable bonds is 3. The molecule has 2 atom stereocenters. The molecule has 1 aromatic heterocycles. The van der Waals surface area contributed by atoms with E-state index >= 15 is 0 Å². The standard InChI is InChI=1S/C16H19N3O2/c1-19-8-4-6-12(19)10-17-16(21)18-15-13-7-3-2-5-11(13)9-14(15)20/h2-8,14-15,20H,9-10H2,1H3,(H2,17,18,21)/t14-,15+/m0/s1. The molecule has 5 heteroatoms. The second-order valence-electron chi connectivity index (χ2n) is 5.39. The molecule has 21 heavy (non-hydrogen) atoms. The molecule has 0 bridgehead atoms. The van der Waals surface area contributed by atoms with Crippen LogP contribution in [0.2, 0.25) is 0 Å². The van der Waals surface area contributed by atoms with Gasteiger partial charge in [0, 0.05) is 25.4 Å². The van der Waals surface area contributed by atoms with Crippen molar-refractivity contribution in [2.24, 2.45) is 7.05 Å². The first-order valence-electron chi connectivity index (χ1n) is 7.05. The predicted octanol–water partition coefficient (Wildman–Crippen LogP) is 1.48. The van der Waals surface area contributed by atoms with Crippen LogP contribution in [-0.2, 0) is 20.0 Å². The van der Waals surface area contributed by atoms with E-state index in [1.807, 2.05) is 54.2 Å². The summed E-state index contributed by atoms with van der Waals surface area (Å²) in [6.07, 6.45) is 1.95. The highest BCUT2D eigenvalue weighted by molar-refractivity contribution is 5.74. The lowest BCUT2D eigenvalue weighted by molar-refractivity contribution is 0.142. The number of aryl methyl sites for hydroxylation is 1. The minimum atomic E-state index is -0.566. The van der Waals surface area contributed by atoms with E-state index in [2.05, 4.69) is 10.6 Å². The molecule has 2 amide bonds. The maximum absolute atomic E-state index is 12.0. The molecule has 0 fully saturated rings. The van der Waals surface area contributed by atoms with Crippen molar-refractivity contribution >= 4 is 6.03 Å². The molecule has 1 aromatic carbocycles. The number of hydrogen-bond donors (Lipinski definition) is 3. The summed E-state index contributed by atoms with van der Waals surface area (Å²) in [5, 5.41) is 15.8. The maximum Gasteiger partial charge on any atom is 0.315 e. The average molecular weight is 285 g/mol. The third-order valence-corrected chi connectivity index (χ3v) is 3.97. The van der Waals surface area contributed by atoms with Crippen molar-refractivity contribution in [1.29, 1.82) is 0 Å². The molecule has 0 saturated heterocycles. The highest BCUT2D eigenvalue weighted by Gasteiger charge is 2.31. The van der Waals surface area contributed by atoms with Crippen LogP contribution < -0.4 is 10.6 Å². The van der Waals surface area contributed by atoms with E-state index in [1.54, 1.807) is 0 Å². The number of aliphatic hydroxyl groups excluding tert-OH is 1. The van der Waals surface area contributed by atoms with Gasteiger partial charge in [-0.05, 0) is 23.3 Å². The van der Waals surface area contributed by atoms with Crippen molar-refractivity contribution in [1.82, 2.24) is 15.2 Å². The molecule has 3 rings (SSSR count). The number of aromatic nitrogens is 1. The molecule has 0 radical (unpaired) electrons. The molecular formula is C16H19N3O2. The van der Waals surface area contributed by atoms with Crippen LogP contribution in [0.5, 0.6) is 0 Å². The van der Waals surface area contributed by atoms with Crippen LogP contribution >= 0.6 is 0 Å². The van der Waals surface area contributed by atoms with Gasteiger partial charge >= 0.3 is 6.03 Å². The molecule has 0 aliphatic heterocycles. The first-order valence-corrected chi connectivity index (χ1v) is 7.05. The highest BCUT2D eigenvalue weighted by atomic mass is 16.3. The summed E-state index contributed by atoms with van der Waals surface area (Å²) in [4.78, 5) is 12.0. The number of carbonyl (C=O) groups is 1. The van der Waals surface area contributed by atoms with E-state index in [0.29, 0.717) is 13.0 Å². The van der Waals surface area contributed by atoms with E-state index in [-0.39, 0.29) is 12.1 Å². The van der Waals surface area contributed by atoms with Gasteiger partial charge in [-0.25, -0.2) is 4.79 Å². The molecule has 1 heterocycles. The van der Waals surface area contributed by atoms with Crippen molar-refractivity contribution in [3.8, 4) is 0 Å². The van der Waals surface area contributed by atoms with Crippen LogP contribution in [0.3, 0.4) is 0 Å². The van der Waals surface area contributed by atoms with Gasteiger partial charge in [-0.1, -0.05) is 24.3 Å². The van der Waals surface area contributed by atoms with Crippen LogP contribution in [0, 0.1) is 0 Å². The Morgan fingerprint density at radius 1 is 1.33 bits per heavy atom.